The number of benzene rings is 2. The van der Waals surface area contributed by atoms with Gasteiger partial charge in [0, 0.05) is 53.6 Å². The van der Waals surface area contributed by atoms with E-state index < -0.39 is 0 Å². The van der Waals surface area contributed by atoms with Gasteiger partial charge in [0.25, 0.3) is 5.56 Å². The van der Waals surface area contributed by atoms with Crippen LogP contribution in [-0.4, -0.2) is 36.1 Å². The molecule has 0 bridgehead atoms. The summed E-state index contributed by atoms with van der Waals surface area (Å²) in [4.78, 5) is 25.3. The summed E-state index contributed by atoms with van der Waals surface area (Å²) >= 11 is 7.57. The quantitative estimate of drug-likeness (QED) is 0.641. The van der Waals surface area contributed by atoms with Crippen LogP contribution >= 0.6 is 23.4 Å². The Labute approximate surface area is 173 Å². The first-order valence-electron chi connectivity index (χ1n) is 9.21. The van der Waals surface area contributed by atoms with E-state index in [-0.39, 0.29) is 5.56 Å². The predicted octanol–water partition coefficient (Wildman–Crippen LogP) is 4.04. The van der Waals surface area contributed by atoms with Crippen LogP contribution in [0.3, 0.4) is 0 Å². The van der Waals surface area contributed by atoms with E-state index in [0.717, 1.165) is 41.8 Å². The third-order valence-electron chi connectivity index (χ3n) is 4.68. The van der Waals surface area contributed by atoms with Gasteiger partial charge < -0.3 is 9.80 Å². The number of hydrogen-bond acceptors (Lipinski definition) is 5. The average molecular weight is 413 g/mol. The van der Waals surface area contributed by atoms with Gasteiger partial charge in [0.15, 0.2) is 0 Å². The van der Waals surface area contributed by atoms with Gasteiger partial charge in [-0.25, -0.2) is 4.98 Å². The van der Waals surface area contributed by atoms with Gasteiger partial charge in [0.2, 0.25) is 5.95 Å². The molecule has 144 valence electrons. The zero-order chi connectivity index (χ0) is 19.3. The standard InChI is InChI=1S/C21H21ClN4OS/c22-16-6-8-19(9-7-16)28-15-17-14-20(27)24-21(23-17)26-12-10-25(11-13-26)18-4-2-1-3-5-18/h1-9,14H,10-13,15H2,(H,23,24,27). The number of thioether (sulfide) groups is 1. The Morgan fingerprint density at radius 1 is 0.964 bits per heavy atom. The van der Waals surface area contributed by atoms with E-state index in [1.807, 2.05) is 30.3 Å². The highest BCUT2D eigenvalue weighted by Gasteiger charge is 2.19. The van der Waals surface area contributed by atoms with Crippen molar-refractivity contribution in [2.75, 3.05) is 36.0 Å². The van der Waals surface area contributed by atoms with Gasteiger partial charge in [0.1, 0.15) is 0 Å². The van der Waals surface area contributed by atoms with Crippen LogP contribution in [0.15, 0.2) is 70.4 Å². The van der Waals surface area contributed by atoms with E-state index in [4.69, 9.17) is 16.6 Å². The fourth-order valence-corrected chi connectivity index (χ4v) is 4.14. The molecule has 4 rings (SSSR count). The summed E-state index contributed by atoms with van der Waals surface area (Å²) in [6, 6.07) is 19.7. The van der Waals surface area contributed by atoms with Crippen molar-refractivity contribution in [2.45, 2.75) is 10.6 Å². The average Bonchev–Trinajstić information content (AvgIpc) is 2.74. The highest BCUT2D eigenvalue weighted by molar-refractivity contribution is 7.98. The maximum absolute atomic E-state index is 12.1. The van der Waals surface area contributed by atoms with Crippen LogP contribution in [0.1, 0.15) is 5.69 Å². The largest absolute Gasteiger partial charge is 0.368 e. The molecule has 28 heavy (non-hydrogen) atoms. The molecule has 1 saturated heterocycles. The van der Waals surface area contributed by atoms with Gasteiger partial charge in [-0.2, -0.15) is 0 Å². The lowest BCUT2D eigenvalue weighted by Gasteiger charge is -2.36. The van der Waals surface area contributed by atoms with Crippen molar-refractivity contribution >= 4 is 35.0 Å². The Balaban J connectivity index is 1.41. The van der Waals surface area contributed by atoms with Crippen LogP contribution in [-0.2, 0) is 5.75 Å². The number of aromatic amines is 1. The van der Waals surface area contributed by atoms with E-state index in [1.165, 1.54) is 5.69 Å². The second kappa shape index (κ2) is 8.71. The summed E-state index contributed by atoms with van der Waals surface area (Å²) in [7, 11) is 0. The summed E-state index contributed by atoms with van der Waals surface area (Å²) in [5, 5.41) is 0.718. The number of piperazine rings is 1. The molecule has 0 amide bonds. The molecule has 1 aliphatic rings. The van der Waals surface area contributed by atoms with Crippen LogP contribution in [0, 0.1) is 0 Å². The summed E-state index contributed by atoms with van der Waals surface area (Å²) < 4.78 is 0. The van der Waals surface area contributed by atoms with Crippen molar-refractivity contribution in [3.8, 4) is 0 Å². The smallest absolute Gasteiger partial charge is 0.252 e. The lowest BCUT2D eigenvalue weighted by atomic mass is 10.2. The molecule has 1 fully saturated rings. The highest BCUT2D eigenvalue weighted by atomic mass is 35.5. The number of hydrogen-bond donors (Lipinski definition) is 1. The molecular formula is C21H21ClN4OS. The van der Waals surface area contributed by atoms with Crippen molar-refractivity contribution in [1.29, 1.82) is 0 Å². The third-order valence-corrected chi connectivity index (χ3v) is 5.98. The fourth-order valence-electron chi connectivity index (χ4n) is 3.22. The first-order chi connectivity index (χ1) is 13.7. The number of H-pyrrole nitrogens is 1. The van der Waals surface area contributed by atoms with E-state index in [0.29, 0.717) is 11.7 Å². The second-order valence-electron chi connectivity index (χ2n) is 6.61. The molecule has 5 nitrogen and oxygen atoms in total. The zero-order valence-electron chi connectivity index (χ0n) is 15.3. The number of aromatic nitrogens is 2. The van der Waals surface area contributed by atoms with Crippen molar-refractivity contribution in [2.24, 2.45) is 0 Å². The number of halogens is 1. The summed E-state index contributed by atoms with van der Waals surface area (Å²) in [6.45, 7) is 3.45. The molecule has 1 aromatic heterocycles. The van der Waals surface area contributed by atoms with Crippen molar-refractivity contribution in [1.82, 2.24) is 9.97 Å². The Bertz CT molecular complexity index is 970. The van der Waals surface area contributed by atoms with Crippen LogP contribution in [0.2, 0.25) is 5.02 Å². The van der Waals surface area contributed by atoms with E-state index in [9.17, 15) is 4.79 Å². The molecule has 7 heteroatoms. The minimum absolute atomic E-state index is 0.109. The maximum atomic E-state index is 12.1. The Kier molecular flexibility index (Phi) is 5.88. The van der Waals surface area contributed by atoms with Crippen LogP contribution in [0.25, 0.3) is 0 Å². The topological polar surface area (TPSA) is 52.2 Å². The molecule has 2 heterocycles. The van der Waals surface area contributed by atoms with Crippen LogP contribution < -0.4 is 15.4 Å². The Morgan fingerprint density at radius 3 is 2.36 bits per heavy atom. The summed E-state index contributed by atoms with van der Waals surface area (Å²) in [5.74, 6) is 1.30. The van der Waals surface area contributed by atoms with Gasteiger partial charge in [0.05, 0.1) is 5.69 Å². The van der Waals surface area contributed by atoms with Gasteiger partial charge >= 0.3 is 0 Å². The SMILES string of the molecule is O=c1cc(CSc2ccc(Cl)cc2)nc(N2CCN(c3ccccc3)CC2)[nH]1. The molecule has 0 atom stereocenters. The minimum atomic E-state index is -0.109. The van der Waals surface area contributed by atoms with E-state index in [1.54, 1.807) is 17.8 Å². The molecule has 2 aromatic carbocycles. The Morgan fingerprint density at radius 2 is 1.64 bits per heavy atom. The second-order valence-corrected chi connectivity index (χ2v) is 8.10. The molecule has 1 aliphatic heterocycles. The van der Waals surface area contributed by atoms with Gasteiger partial charge in [-0.1, -0.05) is 29.8 Å². The van der Waals surface area contributed by atoms with E-state index >= 15 is 0 Å². The van der Waals surface area contributed by atoms with Crippen LogP contribution in [0.4, 0.5) is 11.6 Å². The van der Waals surface area contributed by atoms with Gasteiger partial charge in [-0.3, -0.25) is 9.78 Å². The number of anilines is 2. The zero-order valence-corrected chi connectivity index (χ0v) is 16.9. The van der Waals surface area contributed by atoms with Crippen molar-refractivity contribution in [3.05, 3.63) is 81.7 Å². The first-order valence-corrected chi connectivity index (χ1v) is 10.6. The van der Waals surface area contributed by atoms with Gasteiger partial charge in [-0.15, -0.1) is 11.8 Å². The third kappa shape index (κ3) is 4.69. The van der Waals surface area contributed by atoms with E-state index in [2.05, 4.69) is 39.0 Å². The normalized spacial score (nSPS) is 14.3. The lowest BCUT2D eigenvalue weighted by molar-refractivity contribution is 0.638. The lowest BCUT2D eigenvalue weighted by Crippen LogP contribution is -2.47. The fraction of sp³-hybridized carbons (Fsp3) is 0.238. The molecule has 3 aromatic rings. The molecule has 0 aliphatic carbocycles. The number of rotatable bonds is 5. The summed E-state index contributed by atoms with van der Waals surface area (Å²) in [6.07, 6.45) is 0. The maximum Gasteiger partial charge on any atom is 0.252 e. The van der Waals surface area contributed by atoms with Crippen LogP contribution in [0.5, 0.6) is 0 Å². The molecular weight excluding hydrogens is 392 g/mol. The first kappa shape index (κ1) is 18.9. The summed E-state index contributed by atoms with van der Waals surface area (Å²) in [5.41, 5.74) is 1.91. The number of nitrogens with one attached hydrogen (secondary N) is 1. The van der Waals surface area contributed by atoms with Crippen molar-refractivity contribution in [3.63, 3.8) is 0 Å². The highest BCUT2D eigenvalue weighted by Crippen LogP contribution is 2.24. The number of nitrogens with zero attached hydrogens (tertiary/aromatic N) is 3. The molecule has 0 radical (unpaired) electrons. The van der Waals surface area contributed by atoms with Crippen molar-refractivity contribution < 1.29 is 0 Å². The Hall–Kier alpha value is -2.44. The minimum Gasteiger partial charge on any atom is -0.368 e. The number of para-hydroxylation sites is 1. The molecule has 0 unspecified atom stereocenters. The molecule has 0 saturated carbocycles. The van der Waals surface area contributed by atoms with Gasteiger partial charge in [-0.05, 0) is 36.4 Å². The predicted molar refractivity (Wildman–Crippen MR) is 117 cm³/mol. The molecule has 0 spiro atoms. The molecule has 1 N–H and O–H groups in total. The monoisotopic (exact) mass is 412 g/mol.